The first kappa shape index (κ1) is 16.7. The Bertz CT molecular complexity index is 258. The van der Waals surface area contributed by atoms with Crippen LogP contribution < -0.4 is 5.32 Å². The van der Waals surface area contributed by atoms with Crippen molar-refractivity contribution in [3.05, 3.63) is 0 Å². The number of nitrogens with zero attached hydrogens (tertiary/aromatic N) is 2. The summed E-state index contributed by atoms with van der Waals surface area (Å²) >= 11 is 1.92. The van der Waals surface area contributed by atoms with Crippen molar-refractivity contribution in [2.75, 3.05) is 38.2 Å². The third kappa shape index (κ3) is 6.55. The first-order chi connectivity index (χ1) is 9.17. The molecule has 0 saturated carbocycles. The van der Waals surface area contributed by atoms with Gasteiger partial charge in [-0.3, -0.25) is 4.99 Å². The Labute approximate surface area is 123 Å². The van der Waals surface area contributed by atoms with Crippen LogP contribution in [0.2, 0.25) is 0 Å². The van der Waals surface area contributed by atoms with E-state index in [4.69, 9.17) is 4.99 Å². The van der Waals surface area contributed by atoms with Crippen molar-refractivity contribution in [2.24, 2.45) is 16.8 Å². The molecule has 19 heavy (non-hydrogen) atoms. The average molecular weight is 286 g/mol. The lowest BCUT2D eigenvalue weighted by Crippen LogP contribution is -2.48. The molecule has 1 heterocycles. The van der Waals surface area contributed by atoms with E-state index in [1.807, 2.05) is 11.8 Å². The number of likely N-dealkylation sites (tertiary alicyclic amines) is 1. The van der Waals surface area contributed by atoms with Crippen LogP contribution in [0, 0.1) is 11.8 Å². The molecule has 0 radical (unpaired) electrons. The topological polar surface area (TPSA) is 27.6 Å². The first-order valence-electron chi connectivity index (χ1n) is 7.69. The molecule has 2 unspecified atom stereocenters. The number of nitrogens with one attached hydrogen (secondary N) is 1. The molecule has 0 bridgehead atoms. The van der Waals surface area contributed by atoms with Crippen LogP contribution in [-0.2, 0) is 0 Å². The summed E-state index contributed by atoms with van der Waals surface area (Å²) in [6.45, 7) is 11.1. The Kier molecular flexibility index (Phi) is 8.35. The van der Waals surface area contributed by atoms with Crippen LogP contribution in [0.5, 0.6) is 0 Å². The van der Waals surface area contributed by atoms with Crippen LogP contribution in [-0.4, -0.2) is 49.0 Å². The number of guanidine groups is 1. The van der Waals surface area contributed by atoms with Gasteiger partial charge in [-0.2, -0.15) is 11.8 Å². The van der Waals surface area contributed by atoms with E-state index in [9.17, 15) is 0 Å². The van der Waals surface area contributed by atoms with E-state index in [1.54, 1.807) is 0 Å². The molecular formula is C15H31N3S. The van der Waals surface area contributed by atoms with Crippen molar-refractivity contribution < 1.29 is 0 Å². The van der Waals surface area contributed by atoms with Crippen LogP contribution in [0.25, 0.3) is 0 Å². The molecule has 0 aromatic carbocycles. The molecule has 4 heteroatoms. The van der Waals surface area contributed by atoms with Gasteiger partial charge in [0.05, 0.1) is 0 Å². The highest BCUT2D eigenvalue weighted by Gasteiger charge is 2.23. The van der Waals surface area contributed by atoms with Gasteiger partial charge in [-0.15, -0.1) is 0 Å². The van der Waals surface area contributed by atoms with Crippen LogP contribution in [0.1, 0.15) is 40.0 Å². The lowest BCUT2D eigenvalue weighted by molar-refractivity contribution is 0.208. The van der Waals surface area contributed by atoms with E-state index >= 15 is 0 Å². The molecule has 1 fully saturated rings. The summed E-state index contributed by atoms with van der Waals surface area (Å²) < 4.78 is 0. The summed E-state index contributed by atoms with van der Waals surface area (Å²) in [5, 5.41) is 3.46. The molecule has 1 N–H and O–H groups in total. The van der Waals surface area contributed by atoms with Gasteiger partial charge in [0.15, 0.2) is 5.96 Å². The number of aliphatic imine (C=N–C) groups is 1. The van der Waals surface area contributed by atoms with E-state index in [-0.39, 0.29) is 0 Å². The highest BCUT2D eigenvalue weighted by Crippen LogP contribution is 2.20. The molecular weight excluding hydrogens is 254 g/mol. The van der Waals surface area contributed by atoms with Gasteiger partial charge in [0, 0.05) is 26.2 Å². The van der Waals surface area contributed by atoms with Crippen molar-refractivity contribution in [1.29, 1.82) is 0 Å². The van der Waals surface area contributed by atoms with E-state index in [1.165, 1.54) is 25.0 Å². The Morgan fingerprint density at radius 1 is 1.26 bits per heavy atom. The van der Waals surface area contributed by atoms with Crippen LogP contribution in [0.3, 0.4) is 0 Å². The van der Waals surface area contributed by atoms with Gasteiger partial charge < -0.3 is 10.2 Å². The molecule has 1 saturated heterocycles. The Hall–Kier alpha value is -0.380. The number of piperidine rings is 1. The van der Waals surface area contributed by atoms with Gasteiger partial charge in [0.25, 0.3) is 0 Å². The van der Waals surface area contributed by atoms with Crippen LogP contribution in [0.15, 0.2) is 4.99 Å². The van der Waals surface area contributed by atoms with Crippen molar-refractivity contribution in [3.63, 3.8) is 0 Å². The molecule has 1 aliphatic heterocycles. The predicted octanol–water partition coefficient (Wildman–Crippen LogP) is 3.07. The smallest absolute Gasteiger partial charge is 0.193 e. The third-order valence-corrected chi connectivity index (χ3v) is 4.22. The zero-order chi connectivity index (χ0) is 14.1. The van der Waals surface area contributed by atoms with Crippen LogP contribution >= 0.6 is 11.8 Å². The molecule has 0 spiro atoms. The van der Waals surface area contributed by atoms with E-state index in [0.717, 1.165) is 44.0 Å². The molecule has 0 aliphatic carbocycles. The van der Waals surface area contributed by atoms with Gasteiger partial charge >= 0.3 is 0 Å². The van der Waals surface area contributed by atoms with E-state index < -0.39 is 0 Å². The van der Waals surface area contributed by atoms with E-state index in [0.29, 0.717) is 0 Å². The second-order valence-corrected chi connectivity index (χ2v) is 6.77. The van der Waals surface area contributed by atoms with Crippen molar-refractivity contribution in [2.45, 2.75) is 40.0 Å². The Balaban J connectivity index is 2.47. The fourth-order valence-corrected chi connectivity index (χ4v) is 3.30. The van der Waals surface area contributed by atoms with Crippen molar-refractivity contribution >= 4 is 17.7 Å². The largest absolute Gasteiger partial charge is 0.357 e. The Morgan fingerprint density at radius 2 is 1.95 bits per heavy atom. The summed E-state index contributed by atoms with van der Waals surface area (Å²) in [5.74, 6) is 3.95. The standard InChI is InChI=1S/C15H31N3S/c1-5-16-15(17-8-6-7-9-19-4)18-11-13(2)10-14(3)12-18/h13-14H,5-12H2,1-4H3,(H,16,17). The minimum Gasteiger partial charge on any atom is -0.357 e. The lowest BCUT2D eigenvalue weighted by atomic mass is 9.92. The zero-order valence-corrected chi connectivity index (χ0v) is 13.9. The summed E-state index contributed by atoms with van der Waals surface area (Å²) in [7, 11) is 0. The highest BCUT2D eigenvalue weighted by molar-refractivity contribution is 7.98. The maximum absolute atomic E-state index is 4.80. The van der Waals surface area contributed by atoms with Gasteiger partial charge in [0.2, 0.25) is 0 Å². The first-order valence-corrected chi connectivity index (χ1v) is 9.09. The summed E-state index contributed by atoms with van der Waals surface area (Å²) in [6, 6.07) is 0. The second kappa shape index (κ2) is 9.51. The second-order valence-electron chi connectivity index (χ2n) is 5.79. The average Bonchev–Trinajstić information content (AvgIpc) is 2.36. The maximum atomic E-state index is 4.80. The summed E-state index contributed by atoms with van der Waals surface area (Å²) in [4.78, 5) is 7.26. The molecule has 0 aromatic rings. The predicted molar refractivity (Wildman–Crippen MR) is 88.1 cm³/mol. The van der Waals surface area contributed by atoms with Crippen molar-refractivity contribution in [3.8, 4) is 0 Å². The lowest BCUT2D eigenvalue weighted by Gasteiger charge is -2.37. The zero-order valence-electron chi connectivity index (χ0n) is 13.1. The number of hydrogen-bond donors (Lipinski definition) is 1. The normalized spacial score (nSPS) is 24.6. The molecule has 1 aliphatic rings. The summed E-state index contributed by atoms with van der Waals surface area (Å²) in [6.07, 6.45) is 6.00. The number of rotatable bonds is 6. The maximum Gasteiger partial charge on any atom is 0.193 e. The number of hydrogen-bond acceptors (Lipinski definition) is 2. The fraction of sp³-hybridized carbons (Fsp3) is 0.933. The molecule has 112 valence electrons. The van der Waals surface area contributed by atoms with Gasteiger partial charge in [-0.1, -0.05) is 13.8 Å². The molecule has 1 rings (SSSR count). The minimum absolute atomic E-state index is 0.782. The molecule has 3 nitrogen and oxygen atoms in total. The van der Waals surface area contributed by atoms with Gasteiger partial charge in [-0.05, 0) is 50.0 Å². The van der Waals surface area contributed by atoms with Gasteiger partial charge in [0.1, 0.15) is 0 Å². The number of thioether (sulfide) groups is 1. The van der Waals surface area contributed by atoms with Gasteiger partial charge in [-0.25, -0.2) is 0 Å². The quantitative estimate of drug-likeness (QED) is 0.462. The minimum atomic E-state index is 0.782. The Morgan fingerprint density at radius 3 is 2.53 bits per heavy atom. The highest BCUT2D eigenvalue weighted by atomic mass is 32.2. The number of unbranched alkanes of at least 4 members (excludes halogenated alkanes) is 1. The molecule has 0 amide bonds. The van der Waals surface area contributed by atoms with E-state index in [2.05, 4.69) is 37.2 Å². The van der Waals surface area contributed by atoms with Crippen molar-refractivity contribution in [1.82, 2.24) is 10.2 Å². The fourth-order valence-electron chi connectivity index (χ4n) is 2.80. The monoisotopic (exact) mass is 285 g/mol. The van der Waals surface area contributed by atoms with Crippen LogP contribution in [0.4, 0.5) is 0 Å². The summed E-state index contributed by atoms with van der Waals surface area (Å²) in [5.41, 5.74) is 0. The molecule has 0 aromatic heterocycles. The molecule has 2 atom stereocenters. The third-order valence-electron chi connectivity index (χ3n) is 3.52. The SMILES string of the molecule is CCNC(=NCCCCSC)N1CC(C)CC(C)C1.